The second-order valence-corrected chi connectivity index (χ2v) is 21.2. The Morgan fingerprint density at radius 3 is 2.16 bits per heavy atom. The molecule has 0 spiro atoms. The molecule has 2 aromatic carbocycles. The van der Waals surface area contributed by atoms with Crippen LogP contribution in [0.1, 0.15) is 87.2 Å². The van der Waals surface area contributed by atoms with Crippen molar-refractivity contribution in [2.24, 2.45) is 0 Å². The highest BCUT2D eigenvalue weighted by atomic mass is 32.2. The molecule has 0 fully saturated rings. The topological polar surface area (TPSA) is 330 Å². The van der Waals surface area contributed by atoms with E-state index < -0.39 is 68.1 Å². The van der Waals surface area contributed by atoms with Gasteiger partial charge in [-0.05, 0) is 115 Å². The standard InChI is InChI=1S/C47H71N9O15S2/c1-33-27-38(70-22-8-12-41(57)48-16-10-21-68-24-26-69-25-23-67-20-7-6-11-37(32-72(62,63)64)54-46(61)71-47(3,4)5)28-34(2)42(33)73(65,66)55-39(44(59)60)31-52-43(58)35-13-14-40-36(29-35)30-53-56(40)19-9-15-49-45-50-17-18-51-45/h13-14,17-18,27-30,37,39,55H,6-12,15-16,19-26,31-32H2,1-5H3,(H,48,57)(H,52,58)(H,54,61)(H,59,60)(H2,49,50,51)(H,62,63,64). The smallest absolute Gasteiger partial charge is 0.407 e. The highest BCUT2D eigenvalue weighted by molar-refractivity contribution is 7.89. The maximum Gasteiger partial charge on any atom is 0.407 e. The van der Waals surface area contributed by atoms with E-state index in [0.29, 0.717) is 120 Å². The summed E-state index contributed by atoms with van der Waals surface area (Å²) in [5.74, 6) is -1.79. The number of nitrogens with zero attached hydrogens (tertiary/aromatic N) is 3. The Bertz CT molecular complexity index is 2580. The number of carboxylic acid groups (broad SMARTS) is 1. The van der Waals surface area contributed by atoms with Crippen molar-refractivity contribution in [1.82, 2.24) is 40.4 Å². The van der Waals surface area contributed by atoms with Gasteiger partial charge in [0.2, 0.25) is 15.9 Å². The zero-order valence-corrected chi connectivity index (χ0v) is 43.7. The third-order valence-corrected chi connectivity index (χ3v) is 13.2. The lowest BCUT2D eigenvalue weighted by Crippen LogP contribution is -2.48. The lowest BCUT2D eigenvalue weighted by Gasteiger charge is -2.23. The highest BCUT2D eigenvalue weighted by Crippen LogP contribution is 2.26. The molecule has 73 heavy (non-hydrogen) atoms. The van der Waals surface area contributed by atoms with Gasteiger partial charge in [0.05, 0.1) is 55.4 Å². The molecule has 0 saturated carbocycles. The van der Waals surface area contributed by atoms with Crippen LogP contribution in [0.15, 0.2) is 53.8 Å². The largest absolute Gasteiger partial charge is 0.494 e. The van der Waals surface area contributed by atoms with E-state index in [1.54, 1.807) is 71.4 Å². The number of hydrogen-bond acceptors (Lipinski definition) is 16. The van der Waals surface area contributed by atoms with Gasteiger partial charge in [0.1, 0.15) is 17.4 Å². The molecular formula is C47H71N9O15S2. The molecule has 0 saturated heterocycles. The first-order valence-electron chi connectivity index (χ1n) is 24.0. The molecular weight excluding hydrogens is 995 g/mol. The van der Waals surface area contributed by atoms with Crippen molar-refractivity contribution in [2.75, 3.05) is 77.0 Å². The van der Waals surface area contributed by atoms with Crippen LogP contribution >= 0.6 is 0 Å². The van der Waals surface area contributed by atoms with Gasteiger partial charge in [-0.2, -0.15) is 18.2 Å². The van der Waals surface area contributed by atoms with Crippen LogP contribution < -0.4 is 30.7 Å². The molecule has 4 rings (SSSR count). The van der Waals surface area contributed by atoms with Crippen LogP contribution in [0.4, 0.5) is 10.7 Å². The average Bonchev–Trinajstić information content (AvgIpc) is 3.97. The normalized spacial score (nSPS) is 12.8. The van der Waals surface area contributed by atoms with Gasteiger partial charge in [-0.25, -0.2) is 18.2 Å². The number of aromatic nitrogens is 4. The minimum absolute atomic E-state index is 0.120. The SMILES string of the molecule is Cc1cc(OCCCC(=O)NCCCOCCOCCOCCCCC(CS(=O)(=O)O)NC(=O)OC(C)(C)C)cc(C)c1S(=O)(=O)NC(CNC(=O)c1ccc2c(cnn2CCCNc2ncc[nH]2)c1)C(=O)O. The number of imidazole rings is 1. The number of aromatic amines is 1. The number of hydrogen-bond donors (Lipinski definition) is 8. The van der Waals surface area contributed by atoms with Crippen molar-refractivity contribution in [2.45, 2.75) is 109 Å². The molecule has 0 aliphatic rings. The maximum atomic E-state index is 13.5. The first-order valence-corrected chi connectivity index (χ1v) is 27.1. The summed E-state index contributed by atoms with van der Waals surface area (Å²) in [7, 11) is -8.67. The second kappa shape index (κ2) is 29.7. The number of sulfonamides is 1. The summed E-state index contributed by atoms with van der Waals surface area (Å²) >= 11 is 0. The first kappa shape index (κ1) is 59.7. The fourth-order valence-electron chi connectivity index (χ4n) is 7.32. The molecule has 2 unspecified atom stereocenters. The number of alkyl carbamates (subject to hydrolysis) is 1. The molecule has 24 nitrogen and oxygen atoms in total. The number of fused-ring (bicyclic) bond motifs is 1. The molecule has 2 aromatic heterocycles. The van der Waals surface area contributed by atoms with E-state index in [0.717, 1.165) is 11.9 Å². The van der Waals surface area contributed by atoms with Gasteiger partial charge in [-0.1, -0.05) is 0 Å². The predicted molar refractivity (Wildman–Crippen MR) is 270 cm³/mol. The molecule has 0 aliphatic carbocycles. The number of carboxylic acids is 1. The number of benzene rings is 2. The van der Waals surface area contributed by atoms with E-state index in [-0.39, 0.29) is 29.4 Å². The summed E-state index contributed by atoms with van der Waals surface area (Å²) in [4.78, 5) is 56.7. The fourth-order valence-corrected chi connectivity index (χ4v) is 9.72. The monoisotopic (exact) mass is 1070 g/mol. The van der Waals surface area contributed by atoms with Crippen LogP contribution in [-0.4, -0.2) is 159 Å². The van der Waals surface area contributed by atoms with E-state index in [1.165, 1.54) is 12.1 Å². The van der Waals surface area contributed by atoms with Gasteiger partial charge in [0.15, 0.2) is 5.95 Å². The van der Waals surface area contributed by atoms with Crippen LogP contribution in [0.25, 0.3) is 10.9 Å². The van der Waals surface area contributed by atoms with E-state index >= 15 is 0 Å². The van der Waals surface area contributed by atoms with E-state index in [9.17, 15) is 45.7 Å². The number of ether oxygens (including phenoxy) is 5. The highest BCUT2D eigenvalue weighted by Gasteiger charge is 2.29. The van der Waals surface area contributed by atoms with Crippen LogP contribution in [0.2, 0.25) is 0 Å². The van der Waals surface area contributed by atoms with E-state index in [2.05, 4.69) is 41.1 Å². The quantitative estimate of drug-likeness (QED) is 0.0240. The van der Waals surface area contributed by atoms with Crippen molar-refractivity contribution in [3.05, 3.63) is 65.6 Å². The Hall–Kier alpha value is -5.90. The molecule has 406 valence electrons. The van der Waals surface area contributed by atoms with E-state index in [1.807, 2.05) is 4.68 Å². The van der Waals surface area contributed by atoms with Crippen molar-refractivity contribution in [3.63, 3.8) is 0 Å². The maximum absolute atomic E-state index is 13.5. The molecule has 4 aromatic rings. The van der Waals surface area contributed by atoms with Gasteiger partial charge in [-0.3, -0.25) is 23.6 Å². The molecule has 0 radical (unpaired) electrons. The predicted octanol–water partition coefficient (Wildman–Crippen LogP) is 3.71. The average molecular weight is 1070 g/mol. The molecule has 26 heteroatoms. The Morgan fingerprint density at radius 2 is 1.52 bits per heavy atom. The molecule has 2 heterocycles. The Morgan fingerprint density at radius 1 is 0.836 bits per heavy atom. The van der Waals surface area contributed by atoms with Gasteiger partial charge in [0, 0.05) is 75.2 Å². The Kier molecular flexibility index (Phi) is 24.3. The van der Waals surface area contributed by atoms with Crippen LogP contribution in [0, 0.1) is 13.8 Å². The van der Waals surface area contributed by atoms with Gasteiger partial charge >= 0.3 is 12.1 Å². The first-order chi connectivity index (χ1) is 34.6. The summed E-state index contributed by atoms with van der Waals surface area (Å²) < 4.78 is 90.6. The number of aliphatic carboxylic acids is 1. The zero-order chi connectivity index (χ0) is 53.4. The van der Waals surface area contributed by atoms with Gasteiger partial charge in [0.25, 0.3) is 16.0 Å². The number of rotatable bonds is 35. The number of amides is 3. The van der Waals surface area contributed by atoms with Crippen LogP contribution in [-0.2, 0) is 55.2 Å². The zero-order valence-electron chi connectivity index (χ0n) is 42.1. The van der Waals surface area contributed by atoms with Crippen molar-refractivity contribution in [3.8, 4) is 5.75 Å². The number of carbonyl (C=O) groups is 4. The molecule has 2 atom stereocenters. The second-order valence-electron chi connectivity index (χ2n) is 18.0. The number of anilines is 1. The third-order valence-electron chi connectivity index (χ3n) is 10.6. The summed E-state index contributed by atoms with van der Waals surface area (Å²) in [6.07, 6.45) is 7.65. The van der Waals surface area contributed by atoms with Gasteiger partial charge < -0.3 is 55.0 Å². The lowest BCUT2D eigenvalue weighted by molar-refractivity contribution is -0.138. The van der Waals surface area contributed by atoms with Gasteiger partial charge in [-0.15, -0.1) is 0 Å². The van der Waals surface area contributed by atoms with Crippen LogP contribution in [0.5, 0.6) is 5.75 Å². The molecule has 8 N–H and O–H groups in total. The summed E-state index contributed by atoms with van der Waals surface area (Å²) in [5.41, 5.74) is 0.929. The molecule has 3 amide bonds. The van der Waals surface area contributed by atoms with Crippen molar-refractivity contribution in [1.29, 1.82) is 0 Å². The Balaban J connectivity index is 1.04. The third kappa shape index (κ3) is 22.8. The van der Waals surface area contributed by atoms with E-state index in [4.69, 9.17) is 23.7 Å². The number of aryl methyl sites for hydroxylation is 3. The number of H-pyrrole nitrogens is 1. The summed E-state index contributed by atoms with van der Waals surface area (Å²) in [5, 5.41) is 26.1. The van der Waals surface area contributed by atoms with Crippen molar-refractivity contribution < 1.29 is 69.4 Å². The minimum atomic E-state index is -4.37. The molecule has 0 aliphatic heterocycles. The van der Waals surface area contributed by atoms with Crippen LogP contribution in [0.3, 0.4) is 0 Å². The summed E-state index contributed by atoms with van der Waals surface area (Å²) in [6.45, 7) is 11.8. The minimum Gasteiger partial charge on any atom is -0.494 e. The lowest BCUT2D eigenvalue weighted by atomic mass is 10.1. The number of carbonyl (C=O) groups excluding carboxylic acids is 3. The summed E-state index contributed by atoms with van der Waals surface area (Å²) in [6, 6.07) is 5.53. The number of unbranched alkanes of at least 4 members (excludes halogenated alkanes) is 1. The fraction of sp³-hybridized carbons (Fsp3) is 0.574. The Labute approximate surface area is 426 Å². The van der Waals surface area contributed by atoms with Crippen molar-refractivity contribution >= 4 is 60.9 Å². The molecule has 0 bridgehead atoms. The number of nitrogens with one attached hydrogen (secondary N) is 6.